The second-order valence-corrected chi connectivity index (χ2v) is 7.13. The number of carboxylic acids is 1. The fraction of sp³-hybridized carbons (Fsp3) is 0.938. The molecule has 0 aromatic rings. The van der Waals surface area contributed by atoms with Crippen molar-refractivity contribution in [3.05, 3.63) is 0 Å². The normalized spacial score (nSPS) is 46.5. The minimum absolute atomic E-state index is 0. The monoisotopic (exact) mass is 448 g/mol. The molecular formula is C16H25NaO13. The van der Waals surface area contributed by atoms with E-state index in [1.807, 2.05) is 0 Å². The van der Waals surface area contributed by atoms with Crippen LogP contribution in [0, 0.1) is 0 Å². The van der Waals surface area contributed by atoms with Crippen molar-refractivity contribution in [2.75, 3.05) is 26.6 Å². The first-order chi connectivity index (χ1) is 13.8. The summed E-state index contributed by atoms with van der Waals surface area (Å²) in [5.41, 5.74) is 0. The van der Waals surface area contributed by atoms with Crippen LogP contribution in [0.1, 0.15) is 0 Å². The minimum atomic E-state index is -1.65. The van der Waals surface area contributed by atoms with Crippen molar-refractivity contribution >= 4 is 5.97 Å². The molecule has 6 N–H and O–H groups in total. The van der Waals surface area contributed by atoms with Crippen LogP contribution in [0.4, 0.5) is 0 Å². The van der Waals surface area contributed by atoms with Gasteiger partial charge in [-0.15, -0.1) is 0 Å². The molecule has 3 rings (SSSR count). The molecule has 0 amide bonds. The van der Waals surface area contributed by atoms with E-state index in [1.54, 1.807) is 0 Å². The van der Waals surface area contributed by atoms with Crippen molar-refractivity contribution in [2.45, 2.75) is 67.1 Å². The molecule has 3 heterocycles. The van der Waals surface area contributed by atoms with Crippen LogP contribution < -0.4 is 34.7 Å². The summed E-state index contributed by atoms with van der Waals surface area (Å²) in [6.07, 6.45) is -14.5. The summed E-state index contributed by atoms with van der Waals surface area (Å²) in [6, 6.07) is 0. The van der Waals surface area contributed by atoms with Crippen LogP contribution in [0.2, 0.25) is 0 Å². The molecular weight excluding hydrogens is 423 g/mol. The number of hydrogen-bond donors (Lipinski definition) is 6. The Bertz CT molecular complexity index is 565. The predicted molar refractivity (Wildman–Crippen MR) is 84.9 cm³/mol. The van der Waals surface area contributed by atoms with Gasteiger partial charge in [0.25, 0.3) is 0 Å². The Labute approximate surface area is 193 Å². The summed E-state index contributed by atoms with van der Waals surface area (Å²) < 4.78 is 27.2. The van der Waals surface area contributed by atoms with Crippen molar-refractivity contribution < 1.29 is 93.8 Å². The molecule has 3 fully saturated rings. The van der Waals surface area contributed by atoms with Crippen molar-refractivity contribution in [1.29, 1.82) is 0 Å². The van der Waals surface area contributed by atoms with E-state index in [0.717, 1.165) is 0 Å². The number of hydrogen-bond acceptors (Lipinski definition) is 13. The first-order valence-corrected chi connectivity index (χ1v) is 9.09. The van der Waals surface area contributed by atoms with Gasteiger partial charge in [0.15, 0.2) is 0 Å². The number of fused-ring (bicyclic) bond motifs is 1. The van der Waals surface area contributed by atoms with Gasteiger partial charge < -0.3 is 64.2 Å². The summed E-state index contributed by atoms with van der Waals surface area (Å²) in [5, 5.41) is 70.4. The zero-order valence-electron chi connectivity index (χ0n) is 16.2. The van der Waals surface area contributed by atoms with Gasteiger partial charge in [0.05, 0.1) is 25.8 Å². The van der Waals surface area contributed by atoms with Gasteiger partial charge in [0.1, 0.15) is 73.9 Å². The average Bonchev–Trinajstić information content (AvgIpc) is 2.70. The predicted octanol–water partition coefficient (Wildman–Crippen LogP) is -9.17. The van der Waals surface area contributed by atoms with E-state index < -0.39 is 92.9 Å². The van der Waals surface area contributed by atoms with E-state index >= 15 is 0 Å². The molecule has 168 valence electrons. The van der Waals surface area contributed by atoms with E-state index in [4.69, 9.17) is 23.7 Å². The third kappa shape index (κ3) is 5.15. The molecule has 13 nitrogen and oxygen atoms in total. The van der Waals surface area contributed by atoms with Crippen LogP contribution >= 0.6 is 0 Å². The van der Waals surface area contributed by atoms with Crippen molar-refractivity contribution in [2.24, 2.45) is 0 Å². The molecule has 0 aromatic carbocycles. The summed E-state index contributed by atoms with van der Waals surface area (Å²) in [6.45, 7) is -2.50. The first-order valence-electron chi connectivity index (χ1n) is 9.09. The standard InChI is InChI=1S/C16H26O13.Na/c17-1-5-8(21)10(23)11(24)13(28-5)15-16-14(26-4-27-15)12(25-3-7(19)20)9(22)6(2-18)29-16;/h5-6,8-18,21-24H,1-4H2,(H,19,20);/q;+1/p-1/t5-,6-,8-,9+,10+,11+,12+,13+,14-,15+,16-;/m1./s1. The number of ether oxygens (including phenoxy) is 5. The average molecular weight is 448 g/mol. The number of aliphatic hydroxyl groups excluding tert-OH is 6. The fourth-order valence-corrected chi connectivity index (χ4v) is 3.89. The zero-order valence-corrected chi connectivity index (χ0v) is 18.2. The summed E-state index contributed by atoms with van der Waals surface area (Å²) >= 11 is 0. The van der Waals surface area contributed by atoms with Gasteiger partial charge in [-0.25, -0.2) is 0 Å². The molecule has 0 spiro atoms. The van der Waals surface area contributed by atoms with Crippen molar-refractivity contribution in [3.8, 4) is 0 Å². The number of aliphatic hydroxyl groups is 6. The minimum Gasteiger partial charge on any atom is -0.548 e. The van der Waals surface area contributed by atoms with Gasteiger partial charge in [-0.2, -0.15) is 0 Å². The summed E-state index contributed by atoms with van der Waals surface area (Å²) in [4.78, 5) is 10.8. The second-order valence-electron chi connectivity index (χ2n) is 7.13. The zero-order chi connectivity index (χ0) is 21.3. The van der Waals surface area contributed by atoms with Crippen LogP contribution in [-0.4, -0.2) is 130 Å². The Morgan fingerprint density at radius 1 is 0.833 bits per heavy atom. The number of carbonyl (C=O) groups is 1. The fourth-order valence-electron chi connectivity index (χ4n) is 3.89. The van der Waals surface area contributed by atoms with Crippen LogP contribution in [0.3, 0.4) is 0 Å². The number of carboxylic acid groups (broad SMARTS) is 1. The van der Waals surface area contributed by atoms with Gasteiger partial charge in [-0.05, 0) is 0 Å². The SMILES string of the molecule is O=C([O-])CO[C@H]1[C@@H](O)[C@@H](CO)O[C@H]2[C@H]([C@H]3O[C@H](CO)[C@@H](O)[C@H](O)[C@@H]3O)OCO[C@@H]21.[Na+]. The van der Waals surface area contributed by atoms with Crippen molar-refractivity contribution in [1.82, 2.24) is 0 Å². The van der Waals surface area contributed by atoms with Gasteiger partial charge in [-0.1, -0.05) is 0 Å². The van der Waals surface area contributed by atoms with E-state index in [0.29, 0.717) is 0 Å². The largest absolute Gasteiger partial charge is 1.00 e. The Hall–Kier alpha value is 0.0300. The molecule has 0 bridgehead atoms. The van der Waals surface area contributed by atoms with Crippen LogP contribution in [0.15, 0.2) is 0 Å². The molecule has 14 heteroatoms. The third-order valence-electron chi connectivity index (χ3n) is 5.37. The second kappa shape index (κ2) is 11.2. The maximum absolute atomic E-state index is 10.8. The number of aliphatic carboxylic acids is 1. The summed E-state index contributed by atoms with van der Waals surface area (Å²) in [7, 11) is 0. The maximum atomic E-state index is 10.8. The number of carbonyl (C=O) groups excluding carboxylic acids is 1. The smallest absolute Gasteiger partial charge is 0.548 e. The third-order valence-corrected chi connectivity index (χ3v) is 5.37. The Morgan fingerprint density at radius 3 is 2.00 bits per heavy atom. The van der Waals surface area contributed by atoms with E-state index in [1.165, 1.54) is 0 Å². The number of rotatable bonds is 6. The molecule has 0 aliphatic carbocycles. The van der Waals surface area contributed by atoms with Crippen LogP contribution in [0.25, 0.3) is 0 Å². The van der Waals surface area contributed by atoms with E-state index in [9.17, 15) is 40.5 Å². The Balaban J connectivity index is 0.00000320. The van der Waals surface area contributed by atoms with E-state index in [-0.39, 0.29) is 36.4 Å². The molecule has 3 aliphatic rings. The van der Waals surface area contributed by atoms with Gasteiger partial charge in [0.2, 0.25) is 0 Å². The topological polar surface area (TPSA) is 208 Å². The van der Waals surface area contributed by atoms with Crippen LogP contribution in [0.5, 0.6) is 0 Å². The molecule has 0 unspecified atom stereocenters. The first kappa shape index (κ1) is 26.3. The molecule has 30 heavy (non-hydrogen) atoms. The van der Waals surface area contributed by atoms with Crippen molar-refractivity contribution in [3.63, 3.8) is 0 Å². The van der Waals surface area contributed by atoms with Crippen LogP contribution in [-0.2, 0) is 28.5 Å². The molecule has 11 atom stereocenters. The van der Waals surface area contributed by atoms with E-state index in [2.05, 4.69) is 0 Å². The quantitative estimate of drug-likeness (QED) is 0.209. The molecule has 3 saturated heterocycles. The van der Waals surface area contributed by atoms with Gasteiger partial charge >= 0.3 is 29.6 Å². The molecule has 0 aromatic heterocycles. The van der Waals surface area contributed by atoms with Gasteiger partial charge in [0, 0.05) is 0 Å². The maximum Gasteiger partial charge on any atom is 1.00 e. The Kier molecular flexibility index (Phi) is 9.85. The van der Waals surface area contributed by atoms with Gasteiger partial charge in [-0.3, -0.25) is 0 Å². The molecule has 0 radical (unpaired) electrons. The molecule has 0 saturated carbocycles. The summed E-state index contributed by atoms with van der Waals surface area (Å²) in [5.74, 6) is -1.53. The Morgan fingerprint density at radius 2 is 1.40 bits per heavy atom. The molecule has 3 aliphatic heterocycles.